The first kappa shape index (κ1) is 16.0. The Labute approximate surface area is 137 Å². The van der Waals surface area contributed by atoms with Gasteiger partial charge in [0, 0.05) is 25.1 Å². The summed E-state index contributed by atoms with van der Waals surface area (Å²) in [5.41, 5.74) is 0.210. The van der Waals surface area contributed by atoms with Gasteiger partial charge in [-0.3, -0.25) is 0 Å². The van der Waals surface area contributed by atoms with Crippen LogP contribution in [0.3, 0.4) is 0 Å². The van der Waals surface area contributed by atoms with Crippen LogP contribution in [-0.2, 0) is 9.31 Å². The largest absolute Gasteiger partial charge is 0.488 e. The molecule has 1 N–H and O–H groups in total. The molecule has 2 aliphatic heterocycles. The van der Waals surface area contributed by atoms with E-state index in [1.165, 1.54) is 0 Å². The summed E-state index contributed by atoms with van der Waals surface area (Å²) in [4.78, 5) is 10.5. The van der Waals surface area contributed by atoms with Gasteiger partial charge in [-0.2, -0.15) is 0 Å². The van der Waals surface area contributed by atoms with E-state index in [1.54, 1.807) is 18.5 Å². The first-order valence-electron chi connectivity index (χ1n) is 7.80. The molecule has 1 atom stereocenters. The highest BCUT2D eigenvalue weighted by Gasteiger charge is 2.55. The molecule has 2 aliphatic rings. The van der Waals surface area contributed by atoms with Crippen molar-refractivity contribution in [2.24, 2.45) is 0 Å². The molecule has 1 aromatic heterocycles. The normalized spacial score (nSPS) is 25.4. The van der Waals surface area contributed by atoms with E-state index in [0.29, 0.717) is 5.95 Å². The molecule has 1 fully saturated rings. The van der Waals surface area contributed by atoms with Gasteiger partial charge in [-0.05, 0) is 52.1 Å². The van der Waals surface area contributed by atoms with Crippen molar-refractivity contribution < 1.29 is 9.31 Å². The average molecular weight is 314 g/mol. The molecule has 7 heteroatoms. The summed E-state index contributed by atoms with van der Waals surface area (Å²) in [6.07, 6.45) is 9.41. The standard InChI is InChI=1S/C16H23BN4O2/c1-15(2)16(3,4)23-17(22-15)13-12(8-6-11-21(13)5)20-14-18-9-7-10-19-14/h6-11,13H,1-5H3,(H,18,19,20). The Morgan fingerprint density at radius 1 is 1.13 bits per heavy atom. The van der Waals surface area contributed by atoms with Crippen LogP contribution in [0.15, 0.2) is 42.5 Å². The third-order valence-corrected chi connectivity index (χ3v) is 4.71. The highest BCUT2D eigenvalue weighted by Crippen LogP contribution is 2.39. The van der Waals surface area contributed by atoms with Gasteiger partial charge >= 0.3 is 7.12 Å². The van der Waals surface area contributed by atoms with Crippen molar-refractivity contribution in [2.75, 3.05) is 12.4 Å². The molecule has 0 spiro atoms. The summed E-state index contributed by atoms with van der Waals surface area (Å²) in [7, 11) is 1.63. The van der Waals surface area contributed by atoms with Crippen LogP contribution in [0.2, 0.25) is 0 Å². The molecule has 1 aromatic rings. The maximum atomic E-state index is 6.22. The molecule has 0 amide bonds. The Morgan fingerprint density at radius 2 is 1.74 bits per heavy atom. The van der Waals surface area contributed by atoms with Crippen LogP contribution in [-0.4, -0.2) is 46.2 Å². The molecule has 0 bridgehead atoms. The van der Waals surface area contributed by atoms with Crippen LogP contribution >= 0.6 is 0 Å². The summed E-state index contributed by atoms with van der Waals surface area (Å²) in [5.74, 6) is 0.467. The van der Waals surface area contributed by atoms with Gasteiger partial charge in [0.25, 0.3) is 0 Å². The van der Waals surface area contributed by atoms with Crippen LogP contribution in [0, 0.1) is 0 Å². The zero-order valence-corrected chi connectivity index (χ0v) is 14.3. The lowest BCUT2D eigenvalue weighted by atomic mass is 9.74. The van der Waals surface area contributed by atoms with Gasteiger partial charge in [0.05, 0.1) is 11.2 Å². The van der Waals surface area contributed by atoms with Gasteiger partial charge < -0.3 is 19.5 Å². The topological polar surface area (TPSA) is 59.5 Å². The van der Waals surface area contributed by atoms with Gasteiger partial charge in [0.2, 0.25) is 5.95 Å². The van der Waals surface area contributed by atoms with Gasteiger partial charge in [-0.1, -0.05) is 0 Å². The van der Waals surface area contributed by atoms with E-state index in [9.17, 15) is 0 Å². The number of nitrogens with zero attached hydrogens (tertiary/aromatic N) is 3. The number of anilines is 1. The molecule has 122 valence electrons. The first-order valence-corrected chi connectivity index (χ1v) is 7.80. The minimum atomic E-state index is -0.377. The number of allylic oxidation sites excluding steroid dienone is 2. The molecule has 6 nitrogen and oxygen atoms in total. The number of hydrogen-bond donors (Lipinski definition) is 1. The van der Waals surface area contributed by atoms with Crippen molar-refractivity contribution in [1.82, 2.24) is 14.9 Å². The quantitative estimate of drug-likeness (QED) is 0.864. The fraction of sp³-hybridized carbons (Fsp3) is 0.500. The number of aromatic nitrogens is 2. The lowest BCUT2D eigenvalue weighted by Gasteiger charge is -2.32. The lowest BCUT2D eigenvalue weighted by Crippen LogP contribution is -2.48. The fourth-order valence-corrected chi connectivity index (χ4v) is 2.66. The molecule has 0 radical (unpaired) electrons. The van der Waals surface area contributed by atoms with E-state index in [1.807, 2.05) is 25.4 Å². The van der Waals surface area contributed by atoms with E-state index in [2.05, 4.69) is 47.9 Å². The van der Waals surface area contributed by atoms with Gasteiger partial charge in [0.15, 0.2) is 0 Å². The predicted molar refractivity (Wildman–Crippen MR) is 90.5 cm³/mol. The van der Waals surface area contributed by atoms with Crippen molar-refractivity contribution >= 4 is 13.1 Å². The third-order valence-electron chi connectivity index (χ3n) is 4.71. The Bertz CT molecular complexity index is 614. The Kier molecular flexibility index (Phi) is 3.94. The highest BCUT2D eigenvalue weighted by molar-refractivity contribution is 6.48. The van der Waals surface area contributed by atoms with E-state index in [0.717, 1.165) is 5.70 Å². The number of likely N-dealkylation sites (N-methyl/N-ethyl adjacent to an activating group) is 1. The molecule has 0 aliphatic carbocycles. The Balaban J connectivity index is 1.85. The minimum absolute atomic E-state index is 0.0927. The van der Waals surface area contributed by atoms with E-state index >= 15 is 0 Å². The number of rotatable bonds is 3. The summed E-state index contributed by atoms with van der Waals surface area (Å²) < 4.78 is 12.4. The van der Waals surface area contributed by atoms with Gasteiger partial charge in [-0.25, -0.2) is 9.97 Å². The van der Waals surface area contributed by atoms with Crippen molar-refractivity contribution in [3.05, 3.63) is 42.5 Å². The third kappa shape index (κ3) is 2.98. The van der Waals surface area contributed by atoms with E-state index < -0.39 is 0 Å². The smallest absolute Gasteiger partial charge is 0.402 e. The number of nitrogens with one attached hydrogen (secondary N) is 1. The second kappa shape index (κ2) is 5.65. The summed E-state index contributed by atoms with van der Waals surface area (Å²) in [6.45, 7) is 8.23. The maximum Gasteiger partial charge on any atom is 0.488 e. The lowest BCUT2D eigenvalue weighted by molar-refractivity contribution is 0.00578. The summed E-state index contributed by atoms with van der Waals surface area (Å²) in [6, 6.07) is 1.79. The predicted octanol–water partition coefficient (Wildman–Crippen LogP) is 2.23. The highest BCUT2D eigenvalue weighted by atomic mass is 16.7. The van der Waals surface area contributed by atoms with Crippen LogP contribution in [0.25, 0.3) is 0 Å². The van der Waals surface area contributed by atoms with E-state index in [4.69, 9.17) is 9.31 Å². The van der Waals surface area contributed by atoms with Gasteiger partial charge in [0.1, 0.15) is 5.94 Å². The molecule has 3 heterocycles. The number of hydrogen-bond acceptors (Lipinski definition) is 6. The molecule has 0 aromatic carbocycles. The SMILES string of the molecule is CN1C=CC=C(Nc2ncccn2)C1B1OC(C)(C)C(C)(C)O1. The second-order valence-corrected chi connectivity index (χ2v) is 6.90. The Morgan fingerprint density at radius 3 is 2.35 bits per heavy atom. The minimum Gasteiger partial charge on any atom is -0.402 e. The summed E-state index contributed by atoms with van der Waals surface area (Å²) in [5, 5.41) is 3.28. The van der Waals surface area contributed by atoms with Crippen molar-refractivity contribution in [2.45, 2.75) is 44.8 Å². The van der Waals surface area contributed by atoms with Crippen molar-refractivity contribution in [3.63, 3.8) is 0 Å². The monoisotopic (exact) mass is 314 g/mol. The van der Waals surface area contributed by atoms with Gasteiger partial charge in [-0.15, -0.1) is 0 Å². The average Bonchev–Trinajstić information content (AvgIpc) is 2.68. The van der Waals surface area contributed by atoms with Crippen LogP contribution in [0.1, 0.15) is 27.7 Å². The maximum absolute atomic E-state index is 6.22. The molecule has 1 saturated heterocycles. The van der Waals surface area contributed by atoms with E-state index in [-0.39, 0.29) is 24.3 Å². The van der Waals surface area contributed by atoms with Crippen LogP contribution < -0.4 is 5.32 Å². The zero-order valence-electron chi connectivity index (χ0n) is 14.3. The molecule has 23 heavy (non-hydrogen) atoms. The second-order valence-electron chi connectivity index (χ2n) is 6.90. The van der Waals surface area contributed by atoms with Crippen LogP contribution in [0.5, 0.6) is 0 Å². The molecule has 3 rings (SSSR count). The first-order chi connectivity index (χ1) is 10.8. The molecular formula is C16H23BN4O2. The summed E-state index contributed by atoms with van der Waals surface area (Å²) >= 11 is 0. The zero-order chi connectivity index (χ0) is 16.7. The Hall–Kier alpha value is -1.86. The molecule has 1 unspecified atom stereocenters. The van der Waals surface area contributed by atoms with Crippen molar-refractivity contribution in [3.8, 4) is 0 Å². The molecule has 0 saturated carbocycles. The fourth-order valence-electron chi connectivity index (χ4n) is 2.66. The van der Waals surface area contributed by atoms with Crippen molar-refractivity contribution in [1.29, 1.82) is 0 Å². The molecular weight excluding hydrogens is 291 g/mol. The van der Waals surface area contributed by atoms with Crippen LogP contribution in [0.4, 0.5) is 5.95 Å².